The van der Waals surface area contributed by atoms with E-state index in [0.29, 0.717) is 0 Å². The fourth-order valence-corrected chi connectivity index (χ4v) is 1.07. The average Bonchev–Trinajstić information content (AvgIpc) is 2.14. The summed E-state index contributed by atoms with van der Waals surface area (Å²) in [6.07, 6.45) is 0.908. The minimum Gasteiger partial charge on any atom is -0.493 e. The first kappa shape index (κ1) is 8.91. The number of nitrogens with zero attached hydrogens (tertiary/aromatic N) is 1. The summed E-state index contributed by atoms with van der Waals surface area (Å²) < 4.78 is 0. The maximum absolute atomic E-state index is 8.68. The first-order valence-electron chi connectivity index (χ1n) is 2.46. The van der Waals surface area contributed by atoms with E-state index in [2.05, 4.69) is 4.98 Å². The van der Waals surface area contributed by atoms with Crippen LogP contribution in [0.25, 0.3) is 0 Å². The highest BCUT2D eigenvalue weighted by atomic mass is 79.9. The van der Waals surface area contributed by atoms with Gasteiger partial charge in [0.1, 0.15) is 0 Å². The van der Waals surface area contributed by atoms with Crippen LogP contribution in [-0.2, 0) is 6.42 Å². The van der Waals surface area contributed by atoms with Crippen LogP contribution in [0.3, 0.4) is 0 Å². The van der Waals surface area contributed by atoms with Crippen molar-refractivity contribution in [2.75, 3.05) is 0 Å². The van der Waals surface area contributed by atoms with Crippen LogP contribution in [0.2, 0.25) is 0 Å². The molecule has 0 saturated heterocycles. The van der Waals surface area contributed by atoms with Gasteiger partial charge in [0.15, 0.2) is 0 Å². The molecule has 0 saturated carbocycles. The van der Waals surface area contributed by atoms with Crippen LogP contribution in [0.5, 0.6) is 5.88 Å². The van der Waals surface area contributed by atoms with Crippen LogP contribution in [0.4, 0.5) is 0 Å². The third-order valence-electron chi connectivity index (χ3n) is 0.842. The molecule has 0 aromatic carbocycles. The zero-order chi connectivity index (χ0) is 5.98. The first-order chi connectivity index (χ1) is 3.83. The standard InChI is InChI=1S/C5H7NOS.BrH/c1-2-5-6-4(7)3-8-5;/h3,7H,2H2,1H3;1H. The largest absolute Gasteiger partial charge is 0.493 e. The summed E-state index contributed by atoms with van der Waals surface area (Å²) in [7, 11) is 0. The Bertz CT molecular complexity index is 177. The Hall–Kier alpha value is -0.0900. The molecule has 1 aromatic heterocycles. The van der Waals surface area contributed by atoms with E-state index >= 15 is 0 Å². The Labute approximate surface area is 68.3 Å². The molecule has 0 amide bonds. The minimum atomic E-state index is 0. The van der Waals surface area contributed by atoms with Gasteiger partial charge in [0.25, 0.3) is 0 Å². The number of hydrogen-bond acceptors (Lipinski definition) is 3. The molecule has 1 aromatic rings. The van der Waals surface area contributed by atoms with E-state index < -0.39 is 0 Å². The molecule has 1 heterocycles. The number of aromatic hydroxyl groups is 1. The highest BCUT2D eigenvalue weighted by Gasteiger charge is 1.93. The van der Waals surface area contributed by atoms with Gasteiger partial charge in [-0.05, 0) is 6.42 Å². The monoisotopic (exact) mass is 209 g/mol. The van der Waals surface area contributed by atoms with Gasteiger partial charge in [0, 0.05) is 0 Å². The molecule has 4 heteroatoms. The summed E-state index contributed by atoms with van der Waals surface area (Å²) in [5.41, 5.74) is 0. The second-order valence-electron chi connectivity index (χ2n) is 1.45. The Kier molecular flexibility index (Phi) is 3.81. The van der Waals surface area contributed by atoms with Gasteiger partial charge in [0.2, 0.25) is 5.88 Å². The van der Waals surface area contributed by atoms with E-state index in [4.69, 9.17) is 5.11 Å². The molecule has 0 aliphatic heterocycles. The number of hydrogen-bond donors (Lipinski definition) is 1. The maximum Gasteiger partial charge on any atom is 0.222 e. The predicted octanol–water partition coefficient (Wildman–Crippen LogP) is 1.99. The van der Waals surface area contributed by atoms with Gasteiger partial charge in [-0.2, -0.15) is 0 Å². The van der Waals surface area contributed by atoms with Crippen molar-refractivity contribution < 1.29 is 5.11 Å². The van der Waals surface area contributed by atoms with Crippen molar-refractivity contribution in [3.05, 3.63) is 10.4 Å². The van der Waals surface area contributed by atoms with Crippen LogP contribution >= 0.6 is 28.3 Å². The molecule has 1 N–H and O–H groups in total. The van der Waals surface area contributed by atoms with Crippen LogP contribution in [0.1, 0.15) is 11.9 Å². The predicted molar refractivity (Wildman–Crippen MR) is 43.5 cm³/mol. The lowest BCUT2D eigenvalue weighted by molar-refractivity contribution is 0.456. The lowest BCUT2D eigenvalue weighted by Crippen LogP contribution is -1.72. The molecule has 0 aliphatic rings. The third-order valence-corrected chi connectivity index (χ3v) is 1.82. The Balaban J connectivity index is 0.000000640. The van der Waals surface area contributed by atoms with Gasteiger partial charge < -0.3 is 5.11 Å². The van der Waals surface area contributed by atoms with Crippen LogP contribution in [0.15, 0.2) is 5.38 Å². The molecule has 0 spiro atoms. The molecule has 0 fully saturated rings. The quantitative estimate of drug-likeness (QED) is 0.768. The van der Waals surface area contributed by atoms with Gasteiger partial charge in [-0.25, -0.2) is 4.98 Å². The SMILES string of the molecule is Br.CCc1nc(O)cs1. The van der Waals surface area contributed by atoms with Crippen molar-refractivity contribution in [2.24, 2.45) is 0 Å². The van der Waals surface area contributed by atoms with Crippen molar-refractivity contribution in [2.45, 2.75) is 13.3 Å². The van der Waals surface area contributed by atoms with E-state index in [-0.39, 0.29) is 22.9 Å². The fourth-order valence-electron chi connectivity index (χ4n) is 0.464. The van der Waals surface area contributed by atoms with E-state index in [1.165, 1.54) is 11.3 Å². The van der Waals surface area contributed by atoms with E-state index in [1.54, 1.807) is 5.38 Å². The highest BCUT2D eigenvalue weighted by Crippen LogP contribution is 2.13. The van der Waals surface area contributed by atoms with Crippen LogP contribution < -0.4 is 0 Å². The van der Waals surface area contributed by atoms with Gasteiger partial charge in [-0.3, -0.25) is 0 Å². The summed E-state index contributed by atoms with van der Waals surface area (Å²) in [4.78, 5) is 3.80. The molecule has 9 heavy (non-hydrogen) atoms. The minimum absolute atomic E-state index is 0. The lowest BCUT2D eigenvalue weighted by atomic mass is 10.5. The number of aromatic nitrogens is 1. The van der Waals surface area contributed by atoms with E-state index in [9.17, 15) is 0 Å². The number of aryl methyl sites for hydroxylation is 1. The summed E-state index contributed by atoms with van der Waals surface area (Å²) in [5, 5.41) is 11.3. The van der Waals surface area contributed by atoms with Crippen molar-refractivity contribution in [1.29, 1.82) is 0 Å². The highest BCUT2D eigenvalue weighted by molar-refractivity contribution is 8.93. The average molecular weight is 210 g/mol. The van der Waals surface area contributed by atoms with Gasteiger partial charge in [-0.15, -0.1) is 28.3 Å². The number of halogens is 1. The molecular weight excluding hydrogens is 202 g/mol. The molecule has 0 radical (unpaired) electrons. The fraction of sp³-hybridized carbons (Fsp3) is 0.400. The first-order valence-corrected chi connectivity index (χ1v) is 3.34. The molecular formula is C5H8BrNOS. The van der Waals surface area contributed by atoms with E-state index in [1.807, 2.05) is 6.92 Å². The summed E-state index contributed by atoms with van der Waals surface area (Å²) >= 11 is 1.49. The van der Waals surface area contributed by atoms with Crippen molar-refractivity contribution in [3.63, 3.8) is 0 Å². The summed E-state index contributed by atoms with van der Waals surface area (Å²) in [6.45, 7) is 2.01. The molecule has 52 valence electrons. The van der Waals surface area contributed by atoms with Crippen molar-refractivity contribution >= 4 is 28.3 Å². The molecule has 0 unspecified atom stereocenters. The van der Waals surface area contributed by atoms with E-state index in [0.717, 1.165) is 11.4 Å². The Morgan fingerprint density at radius 2 is 2.44 bits per heavy atom. The number of thiazole rings is 1. The van der Waals surface area contributed by atoms with Gasteiger partial charge in [0.05, 0.1) is 10.4 Å². The molecule has 2 nitrogen and oxygen atoms in total. The second kappa shape index (κ2) is 3.85. The Morgan fingerprint density at radius 1 is 1.78 bits per heavy atom. The molecule has 0 atom stereocenters. The van der Waals surface area contributed by atoms with Gasteiger partial charge in [-0.1, -0.05) is 6.92 Å². The topological polar surface area (TPSA) is 33.1 Å². The van der Waals surface area contributed by atoms with Crippen molar-refractivity contribution in [3.8, 4) is 5.88 Å². The normalized spacial score (nSPS) is 8.56. The van der Waals surface area contributed by atoms with Gasteiger partial charge >= 0.3 is 0 Å². The zero-order valence-corrected chi connectivity index (χ0v) is 7.52. The molecule has 0 aliphatic carbocycles. The summed E-state index contributed by atoms with van der Waals surface area (Å²) in [6, 6.07) is 0. The molecule has 1 rings (SSSR count). The Morgan fingerprint density at radius 3 is 2.67 bits per heavy atom. The maximum atomic E-state index is 8.68. The number of rotatable bonds is 1. The van der Waals surface area contributed by atoms with Crippen LogP contribution in [-0.4, -0.2) is 10.1 Å². The zero-order valence-electron chi connectivity index (χ0n) is 5.00. The lowest BCUT2D eigenvalue weighted by Gasteiger charge is -1.78. The summed E-state index contributed by atoms with van der Waals surface area (Å²) in [5.74, 6) is 0.145. The molecule has 0 bridgehead atoms. The third kappa shape index (κ3) is 2.32. The second-order valence-corrected chi connectivity index (χ2v) is 2.40. The smallest absolute Gasteiger partial charge is 0.222 e. The van der Waals surface area contributed by atoms with Crippen LogP contribution in [0, 0.1) is 0 Å². The van der Waals surface area contributed by atoms with Crippen molar-refractivity contribution in [1.82, 2.24) is 4.98 Å².